The molecule has 4 nitrogen and oxygen atoms in total. The smallest absolute Gasteiger partial charge is 0.258 e. The summed E-state index contributed by atoms with van der Waals surface area (Å²) in [5.74, 6) is -0.601. The number of benzene rings is 2. The van der Waals surface area contributed by atoms with Crippen LogP contribution in [0.3, 0.4) is 0 Å². The number of anilines is 1. The molecule has 8 heteroatoms. The molecule has 0 aliphatic rings. The third kappa shape index (κ3) is 4.03. The summed E-state index contributed by atoms with van der Waals surface area (Å²) in [5, 5.41) is 7.38. The van der Waals surface area contributed by atoms with E-state index in [0.717, 1.165) is 0 Å². The highest BCUT2D eigenvalue weighted by molar-refractivity contribution is 9.10. The zero-order valence-corrected chi connectivity index (χ0v) is 15.7. The van der Waals surface area contributed by atoms with Gasteiger partial charge in [0.15, 0.2) is 5.82 Å². The Kier molecular flexibility index (Phi) is 5.42. The van der Waals surface area contributed by atoms with Crippen molar-refractivity contribution in [3.8, 4) is 0 Å². The van der Waals surface area contributed by atoms with E-state index in [2.05, 4.69) is 26.3 Å². The quantitative estimate of drug-likeness (QED) is 0.588. The lowest BCUT2D eigenvalue weighted by Gasteiger charge is -2.06. The number of hydrogen-bond donors (Lipinski definition) is 1. The fourth-order valence-electron chi connectivity index (χ4n) is 2.23. The van der Waals surface area contributed by atoms with Crippen LogP contribution in [0, 0.1) is 5.82 Å². The van der Waals surface area contributed by atoms with E-state index in [0.29, 0.717) is 20.6 Å². The maximum atomic E-state index is 13.9. The minimum absolute atomic E-state index is 0.0934. The topological polar surface area (TPSA) is 46.9 Å². The summed E-state index contributed by atoms with van der Waals surface area (Å²) in [6.07, 6.45) is 1.50. The number of halogens is 4. The molecule has 0 bridgehead atoms. The number of carbonyl (C=O) groups is 1. The first-order valence-corrected chi connectivity index (χ1v) is 8.72. The fraction of sp³-hybridized carbons (Fsp3) is 0.0588. The average molecular weight is 443 g/mol. The fourth-order valence-corrected chi connectivity index (χ4v) is 3.11. The maximum absolute atomic E-state index is 13.9. The molecule has 3 aromatic rings. The van der Waals surface area contributed by atoms with Gasteiger partial charge in [-0.1, -0.05) is 41.4 Å². The first-order chi connectivity index (χ1) is 12.0. The number of nitrogens with one attached hydrogen (secondary N) is 1. The minimum atomic E-state index is -0.432. The Hall–Kier alpha value is -1.89. The van der Waals surface area contributed by atoms with Crippen LogP contribution in [0.1, 0.15) is 15.9 Å². The molecular formula is C17H11BrCl2FN3O. The van der Waals surface area contributed by atoms with Gasteiger partial charge >= 0.3 is 0 Å². The van der Waals surface area contributed by atoms with Gasteiger partial charge in [-0.25, -0.2) is 4.39 Å². The molecule has 0 radical (unpaired) electrons. The highest BCUT2D eigenvalue weighted by atomic mass is 79.9. The van der Waals surface area contributed by atoms with Crippen LogP contribution in [0.2, 0.25) is 10.0 Å². The lowest BCUT2D eigenvalue weighted by molar-refractivity contribution is 0.102. The molecule has 0 saturated carbocycles. The summed E-state index contributed by atoms with van der Waals surface area (Å²) < 4.78 is 16.0. The average Bonchev–Trinajstić information content (AvgIpc) is 2.91. The second-order valence-corrected chi connectivity index (χ2v) is 6.83. The Morgan fingerprint density at radius 2 is 1.92 bits per heavy atom. The molecular weight excluding hydrogens is 432 g/mol. The lowest BCUT2D eigenvalue weighted by atomic mass is 10.2. The molecule has 25 heavy (non-hydrogen) atoms. The second-order valence-electron chi connectivity index (χ2n) is 5.16. The third-order valence-electron chi connectivity index (χ3n) is 3.45. The number of amides is 1. The summed E-state index contributed by atoms with van der Waals surface area (Å²) in [7, 11) is 0. The van der Waals surface area contributed by atoms with Crippen molar-refractivity contribution in [2.45, 2.75) is 6.54 Å². The molecule has 0 spiro atoms. The zero-order valence-electron chi connectivity index (χ0n) is 12.6. The highest BCUT2D eigenvalue weighted by Crippen LogP contribution is 2.25. The van der Waals surface area contributed by atoms with Crippen LogP contribution in [-0.4, -0.2) is 15.7 Å². The Labute approximate surface area is 161 Å². The van der Waals surface area contributed by atoms with E-state index >= 15 is 0 Å². The predicted molar refractivity (Wildman–Crippen MR) is 99.8 cm³/mol. The van der Waals surface area contributed by atoms with E-state index in [1.165, 1.54) is 23.0 Å². The van der Waals surface area contributed by atoms with E-state index in [-0.39, 0.29) is 23.3 Å². The number of carbonyl (C=O) groups excluding carboxylic acids is 1. The van der Waals surface area contributed by atoms with Crippen LogP contribution < -0.4 is 5.32 Å². The molecule has 0 saturated heterocycles. The molecule has 1 aromatic heterocycles. The van der Waals surface area contributed by atoms with E-state index in [4.69, 9.17) is 23.2 Å². The molecule has 0 aliphatic carbocycles. The monoisotopic (exact) mass is 441 g/mol. The number of nitrogens with zero attached hydrogens (tertiary/aromatic N) is 2. The van der Waals surface area contributed by atoms with Crippen molar-refractivity contribution in [3.05, 3.63) is 80.1 Å². The van der Waals surface area contributed by atoms with Crippen LogP contribution in [0.25, 0.3) is 0 Å². The molecule has 3 rings (SSSR count). The van der Waals surface area contributed by atoms with Gasteiger partial charge in [0.1, 0.15) is 10.8 Å². The number of hydrogen-bond acceptors (Lipinski definition) is 2. The predicted octanol–water partition coefficient (Wildman–Crippen LogP) is 5.39. The molecule has 1 heterocycles. The van der Waals surface area contributed by atoms with Crippen molar-refractivity contribution < 1.29 is 9.18 Å². The van der Waals surface area contributed by atoms with Crippen LogP contribution in [0.5, 0.6) is 0 Å². The maximum Gasteiger partial charge on any atom is 0.258 e. The van der Waals surface area contributed by atoms with Crippen LogP contribution in [-0.2, 0) is 6.54 Å². The molecule has 0 aliphatic heterocycles. The molecule has 0 fully saturated rings. The van der Waals surface area contributed by atoms with Crippen molar-refractivity contribution in [2.75, 3.05) is 5.32 Å². The standard InChI is InChI=1S/C17H11BrCl2FN3O/c18-12-5-2-1-4-10(12)17(25)22-16-14(20)9-24(23-16)8-11-13(19)6-3-7-15(11)21/h1-7,9H,8H2,(H,22,23,25). The van der Waals surface area contributed by atoms with E-state index in [1.807, 2.05) is 0 Å². The van der Waals surface area contributed by atoms with Crippen LogP contribution in [0.4, 0.5) is 10.2 Å². The van der Waals surface area contributed by atoms with Gasteiger partial charge in [0, 0.05) is 21.3 Å². The Balaban J connectivity index is 1.81. The van der Waals surface area contributed by atoms with Gasteiger partial charge in [-0.2, -0.15) is 5.10 Å². The highest BCUT2D eigenvalue weighted by Gasteiger charge is 2.15. The van der Waals surface area contributed by atoms with Gasteiger partial charge < -0.3 is 5.32 Å². The van der Waals surface area contributed by atoms with Gasteiger partial charge in [0.05, 0.1) is 12.1 Å². The Morgan fingerprint density at radius 1 is 1.16 bits per heavy atom. The van der Waals surface area contributed by atoms with Crippen molar-refractivity contribution in [1.82, 2.24) is 9.78 Å². The third-order valence-corrected chi connectivity index (χ3v) is 4.77. The normalized spacial score (nSPS) is 10.7. The van der Waals surface area contributed by atoms with Crippen molar-refractivity contribution >= 4 is 50.9 Å². The molecule has 2 aromatic carbocycles. The summed E-state index contributed by atoms with van der Waals surface area (Å²) >= 11 is 15.5. The molecule has 0 atom stereocenters. The first kappa shape index (κ1) is 17.9. The zero-order chi connectivity index (χ0) is 18.0. The summed E-state index contributed by atoms with van der Waals surface area (Å²) in [4.78, 5) is 12.3. The first-order valence-electron chi connectivity index (χ1n) is 7.17. The molecule has 1 N–H and O–H groups in total. The second kappa shape index (κ2) is 7.56. The number of aromatic nitrogens is 2. The van der Waals surface area contributed by atoms with Gasteiger partial charge in [-0.3, -0.25) is 9.48 Å². The van der Waals surface area contributed by atoms with Gasteiger partial charge in [-0.05, 0) is 40.2 Å². The minimum Gasteiger partial charge on any atom is -0.304 e. The van der Waals surface area contributed by atoms with E-state index in [9.17, 15) is 9.18 Å². The SMILES string of the molecule is O=C(Nc1nn(Cc2c(F)cccc2Cl)cc1Cl)c1ccccc1Br. The van der Waals surface area contributed by atoms with Gasteiger partial charge in [0.25, 0.3) is 5.91 Å². The molecule has 1 amide bonds. The molecule has 128 valence electrons. The van der Waals surface area contributed by atoms with E-state index in [1.54, 1.807) is 30.3 Å². The van der Waals surface area contributed by atoms with Crippen molar-refractivity contribution in [1.29, 1.82) is 0 Å². The molecule has 0 unspecified atom stereocenters. The summed E-state index contributed by atoms with van der Waals surface area (Å²) in [6, 6.07) is 11.4. The summed E-state index contributed by atoms with van der Waals surface area (Å²) in [5.41, 5.74) is 0.747. The largest absolute Gasteiger partial charge is 0.304 e. The van der Waals surface area contributed by atoms with Gasteiger partial charge in [-0.15, -0.1) is 0 Å². The van der Waals surface area contributed by atoms with Gasteiger partial charge in [0.2, 0.25) is 0 Å². The Morgan fingerprint density at radius 3 is 2.64 bits per heavy atom. The number of rotatable bonds is 4. The van der Waals surface area contributed by atoms with Crippen LogP contribution >= 0.6 is 39.1 Å². The van der Waals surface area contributed by atoms with Crippen molar-refractivity contribution in [2.24, 2.45) is 0 Å². The van der Waals surface area contributed by atoms with Crippen LogP contribution in [0.15, 0.2) is 53.1 Å². The Bertz CT molecular complexity index is 925. The van der Waals surface area contributed by atoms with Crippen molar-refractivity contribution in [3.63, 3.8) is 0 Å². The summed E-state index contributed by atoms with van der Waals surface area (Å²) in [6.45, 7) is 0.0934. The lowest BCUT2D eigenvalue weighted by Crippen LogP contribution is -2.13. The van der Waals surface area contributed by atoms with E-state index < -0.39 is 5.82 Å².